The molecule has 0 aromatic heterocycles. The molecule has 2 rings (SSSR count). The van der Waals surface area contributed by atoms with Crippen molar-refractivity contribution in [1.82, 2.24) is 15.5 Å². The van der Waals surface area contributed by atoms with Gasteiger partial charge in [-0.05, 0) is 45.7 Å². The number of nitrogens with one attached hydrogen (secondary N) is 2. The monoisotopic (exact) mass is 289 g/mol. The molecule has 1 saturated carbocycles. The van der Waals surface area contributed by atoms with E-state index in [9.17, 15) is 4.79 Å². The number of likely N-dealkylation sites (N-methyl/N-ethyl adjacent to an activating group) is 1. The Bertz CT molecular complexity index is 284. The van der Waals surface area contributed by atoms with Crippen LogP contribution in [0.1, 0.15) is 39.5 Å². The second-order valence-electron chi connectivity index (χ2n) is 5.64. The maximum absolute atomic E-state index is 12.1. The fourth-order valence-electron chi connectivity index (χ4n) is 2.89. The van der Waals surface area contributed by atoms with Gasteiger partial charge in [-0.2, -0.15) is 0 Å². The Balaban J connectivity index is 0.00000180. The van der Waals surface area contributed by atoms with Crippen molar-refractivity contribution < 1.29 is 4.79 Å². The van der Waals surface area contributed by atoms with Crippen molar-refractivity contribution in [3.05, 3.63) is 0 Å². The van der Waals surface area contributed by atoms with Gasteiger partial charge in [0.1, 0.15) is 0 Å². The van der Waals surface area contributed by atoms with Crippen molar-refractivity contribution in [1.29, 1.82) is 0 Å². The minimum atomic E-state index is 0. The molecule has 5 heteroatoms. The van der Waals surface area contributed by atoms with E-state index in [4.69, 9.17) is 0 Å². The number of carbonyl (C=O) groups is 1. The number of piperidine rings is 1. The van der Waals surface area contributed by atoms with Gasteiger partial charge in [-0.25, -0.2) is 0 Å². The largest absolute Gasteiger partial charge is 0.355 e. The molecular formula is C14H28ClN3O. The Morgan fingerprint density at radius 2 is 2.11 bits per heavy atom. The fraction of sp³-hybridized carbons (Fsp3) is 0.929. The Hall–Kier alpha value is -0.320. The van der Waals surface area contributed by atoms with Crippen LogP contribution in [-0.2, 0) is 4.79 Å². The average Bonchev–Trinajstić information content (AvgIpc) is 3.19. The van der Waals surface area contributed by atoms with Gasteiger partial charge in [0.25, 0.3) is 0 Å². The van der Waals surface area contributed by atoms with Crippen LogP contribution < -0.4 is 10.6 Å². The normalized spacial score (nSPS) is 26.9. The summed E-state index contributed by atoms with van der Waals surface area (Å²) >= 11 is 0. The molecule has 0 spiro atoms. The second-order valence-corrected chi connectivity index (χ2v) is 5.64. The molecule has 0 radical (unpaired) electrons. The highest BCUT2D eigenvalue weighted by atomic mass is 35.5. The van der Waals surface area contributed by atoms with Crippen molar-refractivity contribution in [2.24, 2.45) is 5.92 Å². The third-order valence-electron chi connectivity index (χ3n) is 4.27. The van der Waals surface area contributed by atoms with Crippen LogP contribution in [0.4, 0.5) is 0 Å². The lowest BCUT2D eigenvalue weighted by molar-refractivity contribution is -0.126. The van der Waals surface area contributed by atoms with Gasteiger partial charge in [0.15, 0.2) is 0 Å². The number of hydrogen-bond donors (Lipinski definition) is 2. The lowest BCUT2D eigenvalue weighted by Gasteiger charge is -2.29. The third-order valence-corrected chi connectivity index (χ3v) is 4.27. The van der Waals surface area contributed by atoms with E-state index in [0.29, 0.717) is 6.04 Å². The molecule has 1 saturated heterocycles. The van der Waals surface area contributed by atoms with E-state index in [0.717, 1.165) is 45.1 Å². The molecule has 0 aromatic rings. The van der Waals surface area contributed by atoms with Crippen LogP contribution in [0.25, 0.3) is 0 Å². The molecule has 2 unspecified atom stereocenters. The van der Waals surface area contributed by atoms with Crippen LogP contribution >= 0.6 is 12.4 Å². The zero-order valence-electron chi connectivity index (χ0n) is 12.2. The van der Waals surface area contributed by atoms with E-state index < -0.39 is 0 Å². The summed E-state index contributed by atoms with van der Waals surface area (Å²) in [6.45, 7) is 8.27. The van der Waals surface area contributed by atoms with Crippen molar-refractivity contribution in [2.45, 2.75) is 51.6 Å². The highest BCUT2D eigenvalue weighted by Crippen LogP contribution is 2.25. The molecule has 1 heterocycles. The Morgan fingerprint density at radius 1 is 1.37 bits per heavy atom. The summed E-state index contributed by atoms with van der Waals surface area (Å²) < 4.78 is 0. The smallest absolute Gasteiger partial charge is 0.224 e. The van der Waals surface area contributed by atoms with Gasteiger partial charge in [0.05, 0.1) is 5.92 Å². The summed E-state index contributed by atoms with van der Waals surface area (Å²) in [5.74, 6) is 0.399. The molecule has 0 bridgehead atoms. The summed E-state index contributed by atoms with van der Waals surface area (Å²) in [4.78, 5) is 14.6. The number of nitrogens with zero attached hydrogens (tertiary/aromatic N) is 1. The minimum absolute atomic E-state index is 0. The van der Waals surface area contributed by atoms with Gasteiger partial charge in [0, 0.05) is 25.2 Å². The molecule has 2 fully saturated rings. The quantitative estimate of drug-likeness (QED) is 0.777. The first kappa shape index (κ1) is 16.7. The third kappa shape index (κ3) is 4.93. The lowest BCUT2D eigenvalue weighted by Crippen LogP contribution is -2.48. The van der Waals surface area contributed by atoms with E-state index >= 15 is 0 Å². The van der Waals surface area contributed by atoms with Crippen molar-refractivity contribution in [3.63, 3.8) is 0 Å². The Morgan fingerprint density at radius 3 is 2.68 bits per heavy atom. The zero-order chi connectivity index (χ0) is 13.0. The fourth-order valence-corrected chi connectivity index (χ4v) is 2.89. The van der Waals surface area contributed by atoms with Gasteiger partial charge in [-0.15, -0.1) is 12.4 Å². The van der Waals surface area contributed by atoms with Gasteiger partial charge in [-0.3, -0.25) is 9.69 Å². The topological polar surface area (TPSA) is 44.4 Å². The van der Waals surface area contributed by atoms with Gasteiger partial charge in [0.2, 0.25) is 5.91 Å². The van der Waals surface area contributed by atoms with Crippen LogP contribution in [0, 0.1) is 5.92 Å². The van der Waals surface area contributed by atoms with E-state index in [2.05, 4.69) is 29.4 Å². The number of carbonyl (C=O) groups excluding carboxylic acids is 1. The maximum atomic E-state index is 12.1. The highest BCUT2D eigenvalue weighted by Gasteiger charge is 2.29. The minimum Gasteiger partial charge on any atom is -0.355 e. The van der Waals surface area contributed by atoms with Crippen molar-refractivity contribution >= 4 is 18.3 Å². The molecule has 0 aromatic carbocycles. The first-order valence-corrected chi connectivity index (χ1v) is 7.47. The van der Waals surface area contributed by atoms with Crippen molar-refractivity contribution in [3.8, 4) is 0 Å². The summed E-state index contributed by atoms with van der Waals surface area (Å²) in [5, 5.41) is 6.49. The molecule has 19 heavy (non-hydrogen) atoms. The molecule has 1 aliphatic heterocycles. The van der Waals surface area contributed by atoms with Crippen molar-refractivity contribution in [2.75, 3.05) is 26.2 Å². The van der Waals surface area contributed by atoms with Crippen LogP contribution in [0.2, 0.25) is 0 Å². The van der Waals surface area contributed by atoms with E-state index in [1.165, 1.54) is 12.8 Å². The Labute approximate surface area is 123 Å². The lowest BCUT2D eigenvalue weighted by atomic mass is 9.91. The summed E-state index contributed by atoms with van der Waals surface area (Å²) in [7, 11) is 0. The summed E-state index contributed by atoms with van der Waals surface area (Å²) in [6, 6.07) is 1.12. The van der Waals surface area contributed by atoms with Gasteiger partial charge in [-0.1, -0.05) is 6.92 Å². The first-order valence-electron chi connectivity index (χ1n) is 7.47. The molecule has 2 aliphatic rings. The van der Waals surface area contributed by atoms with Gasteiger partial charge >= 0.3 is 0 Å². The molecule has 1 amide bonds. The first-order chi connectivity index (χ1) is 8.72. The number of amides is 1. The average molecular weight is 290 g/mol. The van der Waals surface area contributed by atoms with E-state index in [1.807, 2.05) is 0 Å². The molecule has 4 nitrogen and oxygen atoms in total. The SMILES string of the molecule is CCN(CCNC(=O)C1CCCNC1C)C1CC1.Cl. The molecule has 1 aliphatic carbocycles. The standard InChI is InChI=1S/C14H27N3O.ClH/c1-3-17(12-6-7-12)10-9-16-14(18)13-5-4-8-15-11(13)2;/h11-13,15H,3-10H2,1-2H3,(H,16,18);1H. The molecular weight excluding hydrogens is 262 g/mol. The van der Waals surface area contributed by atoms with Crippen LogP contribution in [0.15, 0.2) is 0 Å². The number of halogens is 1. The van der Waals surface area contributed by atoms with Crippen LogP contribution in [0.5, 0.6) is 0 Å². The summed E-state index contributed by atoms with van der Waals surface area (Å²) in [5.41, 5.74) is 0. The van der Waals surface area contributed by atoms with E-state index in [1.54, 1.807) is 0 Å². The van der Waals surface area contributed by atoms with Crippen LogP contribution in [-0.4, -0.2) is 49.1 Å². The second kappa shape index (κ2) is 8.08. The molecule has 2 atom stereocenters. The number of hydrogen-bond acceptors (Lipinski definition) is 3. The maximum Gasteiger partial charge on any atom is 0.224 e. The summed E-state index contributed by atoms with van der Waals surface area (Å²) in [6.07, 6.45) is 4.82. The zero-order valence-corrected chi connectivity index (χ0v) is 13.0. The Kier molecular flexibility index (Phi) is 7.11. The number of rotatable bonds is 6. The molecule has 2 N–H and O–H groups in total. The molecule has 112 valence electrons. The van der Waals surface area contributed by atoms with Gasteiger partial charge < -0.3 is 10.6 Å². The highest BCUT2D eigenvalue weighted by molar-refractivity contribution is 5.85. The predicted molar refractivity (Wildman–Crippen MR) is 80.7 cm³/mol. The van der Waals surface area contributed by atoms with Crippen LogP contribution in [0.3, 0.4) is 0 Å². The van der Waals surface area contributed by atoms with E-state index in [-0.39, 0.29) is 24.2 Å². The predicted octanol–water partition coefficient (Wildman–Crippen LogP) is 1.40.